The highest BCUT2D eigenvalue weighted by atomic mass is 19.1. The smallest absolute Gasteiger partial charge is 0.261 e. The van der Waals surface area contributed by atoms with Crippen LogP contribution in [0.5, 0.6) is 0 Å². The van der Waals surface area contributed by atoms with Crippen LogP contribution in [0.3, 0.4) is 0 Å². The average Bonchev–Trinajstić information content (AvgIpc) is 2.79. The molecule has 2 rings (SSSR count). The van der Waals surface area contributed by atoms with E-state index in [1.807, 2.05) is 20.8 Å². The normalized spacial score (nSPS) is 13.6. The first-order valence-corrected chi connectivity index (χ1v) is 5.83. The van der Waals surface area contributed by atoms with Crippen LogP contribution in [0.4, 0.5) is 8.78 Å². The van der Waals surface area contributed by atoms with E-state index in [0.717, 1.165) is 18.2 Å². The third kappa shape index (κ3) is 2.78. The molecule has 102 valence electrons. The standard InChI is InChI=1S/C13H15F2N3O/c1-13(2,3)10(16)11-17-12(19-18-11)8-6-7(14)4-5-9(8)15/h4-6,10H,16H2,1-3H3. The van der Waals surface area contributed by atoms with Crippen molar-refractivity contribution < 1.29 is 13.3 Å². The number of benzene rings is 1. The van der Waals surface area contributed by atoms with E-state index in [4.69, 9.17) is 10.3 Å². The van der Waals surface area contributed by atoms with E-state index in [0.29, 0.717) is 0 Å². The largest absolute Gasteiger partial charge is 0.334 e. The lowest BCUT2D eigenvalue weighted by Crippen LogP contribution is -2.27. The lowest BCUT2D eigenvalue weighted by molar-refractivity contribution is 0.303. The molecule has 0 spiro atoms. The molecule has 2 N–H and O–H groups in total. The van der Waals surface area contributed by atoms with Crippen LogP contribution in [-0.2, 0) is 0 Å². The second-order valence-corrected chi connectivity index (χ2v) is 5.43. The van der Waals surface area contributed by atoms with Crippen molar-refractivity contribution in [1.82, 2.24) is 10.1 Å². The molecule has 0 aliphatic carbocycles. The zero-order chi connectivity index (χ0) is 14.2. The fourth-order valence-electron chi connectivity index (χ4n) is 1.52. The Morgan fingerprint density at radius 2 is 1.95 bits per heavy atom. The van der Waals surface area contributed by atoms with Crippen LogP contribution in [0.2, 0.25) is 0 Å². The summed E-state index contributed by atoms with van der Waals surface area (Å²) in [5.41, 5.74) is 5.65. The first-order valence-electron chi connectivity index (χ1n) is 5.83. The molecule has 19 heavy (non-hydrogen) atoms. The number of nitrogens with zero attached hydrogens (tertiary/aromatic N) is 2. The van der Waals surface area contributed by atoms with Gasteiger partial charge in [0.05, 0.1) is 11.6 Å². The van der Waals surface area contributed by atoms with E-state index in [2.05, 4.69) is 10.1 Å². The van der Waals surface area contributed by atoms with E-state index in [9.17, 15) is 8.78 Å². The average molecular weight is 267 g/mol. The molecule has 0 saturated heterocycles. The van der Waals surface area contributed by atoms with Crippen molar-refractivity contribution in [3.05, 3.63) is 35.7 Å². The predicted molar refractivity (Wildman–Crippen MR) is 66.0 cm³/mol. The lowest BCUT2D eigenvalue weighted by Gasteiger charge is -2.23. The number of nitrogens with two attached hydrogens (primary N) is 1. The quantitative estimate of drug-likeness (QED) is 0.908. The summed E-state index contributed by atoms with van der Waals surface area (Å²) in [5, 5.41) is 3.73. The van der Waals surface area contributed by atoms with Gasteiger partial charge in [0.2, 0.25) is 0 Å². The Morgan fingerprint density at radius 1 is 1.26 bits per heavy atom. The molecule has 1 heterocycles. The van der Waals surface area contributed by atoms with Crippen LogP contribution in [0.15, 0.2) is 22.7 Å². The van der Waals surface area contributed by atoms with Gasteiger partial charge >= 0.3 is 0 Å². The van der Waals surface area contributed by atoms with Crippen molar-refractivity contribution in [2.75, 3.05) is 0 Å². The number of halogens is 2. The van der Waals surface area contributed by atoms with Gasteiger partial charge in [-0.1, -0.05) is 25.9 Å². The number of hydrogen-bond acceptors (Lipinski definition) is 4. The van der Waals surface area contributed by atoms with Crippen molar-refractivity contribution in [2.45, 2.75) is 26.8 Å². The van der Waals surface area contributed by atoms with Crippen molar-refractivity contribution in [3.63, 3.8) is 0 Å². The van der Waals surface area contributed by atoms with Gasteiger partial charge in [-0.05, 0) is 23.6 Å². The molecule has 6 heteroatoms. The topological polar surface area (TPSA) is 64.9 Å². The Labute approximate surface area is 109 Å². The second kappa shape index (κ2) is 4.70. The van der Waals surface area contributed by atoms with E-state index in [-0.39, 0.29) is 22.7 Å². The van der Waals surface area contributed by atoms with Gasteiger partial charge in [-0.3, -0.25) is 0 Å². The summed E-state index contributed by atoms with van der Waals surface area (Å²) < 4.78 is 31.6. The summed E-state index contributed by atoms with van der Waals surface area (Å²) in [7, 11) is 0. The van der Waals surface area contributed by atoms with Crippen LogP contribution in [0.25, 0.3) is 11.5 Å². The van der Waals surface area contributed by atoms with Gasteiger partial charge < -0.3 is 10.3 Å². The molecule has 0 aliphatic rings. The zero-order valence-corrected chi connectivity index (χ0v) is 10.9. The Balaban J connectivity index is 2.39. The second-order valence-electron chi connectivity index (χ2n) is 5.43. The maximum Gasteiger partial charge on any atom is 0.261 e. The van der Waals surface area contributed by atoms with Gasteiger partial charge in [-0.15, -0.1) is 0 Å². The first-order chi connectivity index (χ1) is 8.79. The maximum atomic E-state index is 13.6. The minimum absolute atomic E-state index is 0.0696. The molecular weight excluding hydrogens is 252 g/mol. The number of aromatic nitrogens is 2. The monoisotopic (exact) mass is 267 g/mol. The van der Waals surface area contributed by atoms with Crippen LogP contribution >= 0.6 is 0 Å². The summed E-state index contributed by atoms with van der Waals surface area (Å²) in [6.45, 7) is 5.78. The summed E-state index contributed by atoms with van der Waals surface area (Å²) in [5.74, 6) is -1.00. The Hall–Kier alpha value is -1.82. The van der Waals surface area contributed by atoms with Gasteiger partial charge in [0.25, 0.3) is 5.89 Å². The summed E-state index contributed by atoms with van der Waals surface area (Å²) >= 11 is 0. The van der Waals surface area contributed by atoms with E-state index in [1.165, 1.54) is 0 Å². The Bertz CT molecular complexity index is 590. The highest BCUT2D eigenvalue weighted by Crippen LogP contribution is 2.30. The molecule has 0 radical (unpaired) electrons. The van der Waals surface area contributed by atoms with Crippen LogP contribution in [-0.4, -0.2) is 10.1 Å². The first kappa shape index (κ1) is 13.6. The minimum atomic E-state index is -0.624. The molecular formula is C13H15F2N3O. The van der Waals surface area contributed by atoms with Crippen molar-refractivity contribution in [3.8, 4) is 11.5 Å². The van der Waals surface area contributed by atoms with Crippen LogP contribution in [0, 0.1) is 17.0 Å². The van der Waals surface area contributed by atoms with Crippen LogP contribution < -0.4 is 5.73 Å². The van der Waals surface area contributed by atoms with E-state index >= 15 is 0 Å². The Kier molecular flexibility index (Phi) is 3.36. The fourth-order valence-corrected chi connectivity index (χ4v) is 1.52. The third-order valence-corrected chi connectivity index (χ3v) is 2.81. The lowest BCUT2D eigenvalue weighted by atomic mass is 9.87. The third-order valence-electron chi connectivity index (χ3n) is 2.81. The molecule has 0 bridgehead atoms. The SMILES string of the molecule is CC(C)(C)C(N)c1noc(-c2cc(F)ccc2F)n1. The minimum Gasteiger partial charge on any atom is -0.334 e. The summed E-state index contributed by atoms with van der Waals surface area (Å²) in [6.07, 6.45) is 0. The molecule has 1 unspecified atom stereocenters. The van der Waals surface area contributed by atoms with Gasteiger partial charge in [0, 0.05) is 0 Å². The molecule has 2 aromatic rings. The van der Waals surface area contributed by atoms with Crippen molar-refractivity contribution in [2.24, 2.45) is 11.1 Å². The molecule has 1 aromatic heterocycles. The highest BCUT2D eigenvalue weighted by molar-refractivity contribution is 5.53. The van der Waals surface area contributed by atoms with Crippen LogP contribution in [0.1, 0.15) is 32.6 Å². The molecule has 1 atom stereocenters. The van der Waals surface area contributed by atoms with E-state index in [1.54, 1.807) is 0 Å². The molecule has 0 fully saturated rings. The number of hydrogen-bond donors (Lipinski definition) is 1. The predicted octanol–water partition coefficient (Wildman–Crippen LogP) is 3.06. The van der Waals surface area contributed by atoms with Gasteiger partial charge in [0.1, 0.15) is 11.6 Å². The fraction of sp³-hybridized carbons (Fsp3) is 0.385. The highest BCUT2D eigenvalue weighted by Gasteiger charge is 2.27. The van der Waals surface area contributed by atoms with E-state index < -0.39 is 17.7 Å². The molecule has 4 nitrogen and oxygen atoms in total. The summed E-state index contributed by atoms with van der Waals surface area (Å²) in [6, 6.07) is 2.59. The van der Waals surface area contributed by atoms with Gasteiger partial charge in [-0.25, -0.2) is 8.78 Å². The van der Waals surface area contributed by atoms with Gasteiger partial charge in [0.15, 0.2) is 5.82 Å². The number of rotatable bonds is 2. The summed E-state index contributed by atoms with van der Waals surface area (Å²) in [4.78, 5) is 4.04. The molecule has 0 aliphatic heterocycles. The molecule has 0 amide bonds. The van der Waals surface area contributed by atoms with Gasteiger partial charge in [-0.2, -0.15) is 4.98 Å². The Morgan fingerprint density at radius 3 is 2.58 bits per heavy atom. The van der Waals surface area contributed by atoms with Crippen molar-refractivity contribution >= 4 is 0 Å². The van der Waals surface area contributed by atoms with Crippen molar-refractivity contribution in [1.29, 1.82) is 0 Å². The zero-order valence-electron chi connectivity index (χ0n) is 10.9. The maximum absolute atomic E-state index is 13.6. The molecule has 0 saturated carbocycles. The molecule has 1 aromatic carbocycles.